The standard InChI is InChI=1S/C12H20O2S2/c13-11-7-3-1-5-9(11)15-12(14)8-4-2-6-10(12)16-11/h9-10,13-14H,1-8H2. The molecule has 1 saturated heterocycles. The van der Waals surface area contributed by atoms with Crippen LogP contribution in [-0.4, -0.2) is 30.6 Å². The lowest BCUT2D eigenvalue weighted by Gasteiger charge is -2.53. The van der Waals surface area contributed by atoms with Crippen LogP contribution < -0.4 is 0 Å². The molecular weight excluding hydrogens is 240 g/mol. The van der Waals surface area contributed by atoms with E-state index in [0.717, 1.165) is 38.5 Å². The first-order valence-corrected chi connectivity index (χ1v) is 8.19. The normalized spacial score (nSPS) is 52.9. The molecule has 0 bridgehead atoms. The number of thioether (sulfide) groups is 2. The summed E-state index contributed by atoms with van der Waals surface area (Å²) in [4.78, 5) is -1.09. The molecule has 92 valence electrons. The zero-order chi connectivity index (χ0) is 11.2. The van der Waals surface area contributed by atoms with E-state index in [1.807, 2.05) is 0 Å². The van der Waals surface area contributed by atoms with E-state index in [1.54, 1.807) is 23.5 Å². The molecule has 2 nitrogen and oxygen atoms in total. The molecule has 0 amide bonds. The van der Waals surface area contributed by atoms with Crippen molar-refractivity contribution < 1.29 is 10.2 Å². The molecule has 0 aromatic heterocycles. The van der Waals surface area contributed by atoms with Gasteiger partial charge in [-0.2, -0.15) is 0 Å². The van der Waals surface area contributed by atoms with Gasteiger partial charge in [-0.3, -0.25) is 0 Å². The van der Waals surface area contributed by atoms with Crippen LogP contribution in [0.4, 0.5) is 0 Å². The fourth-order valence-corrected chi connectivity index (χ4v) is 7.10. The van der Waals surface area contributed by atoms with Crippen molar-refractivity contribution in [3.8, 4) is 0 Å². The Kier molecular flexibility index (Phi) is 2.98. The predicted octanol–water partition coefficient (Wildman–Crippen LogP) is 2.73. The van der Waals surface area contributed by atoms with Gasteiger partial charge >= 0.3 is 0 Å². The van der Waals surface area contributed by atoms with Gasteiger partial charge in [-0.1, -0.05) is 12.8 Å². The van der Waals surface area contributed by atoms with Crippen LogP contribution in [0.25, 0.3) is 0 Å². The summed E-state index contributed by atoms with van der Waals surface area (Å²) in [5.41, 5.74) is 0. The van der Waals surface area contributed by atoms with E-state index < -0.39 is 9.87 Å². The van der Waals surface area contributed by atoms with Crippen LogP contribution in [-0.2, 0) is 0 Å². The molecule has 3 rings (SSSR count). The second kappa shape index (κ2) is 4.08. The number of rotatable bonds is 0. The fourth-order valence-electron chi connectivity index (χ4n) is 3.25. The van der Waals surface area contributed by atoms with E-state index in [4.69, 9.17) is 0 Å². The van der Waals surface area contributed by atoms with Gasteiger partial charge in [0.25, 0.3) is 0 Å². The topological polar surface area (TPSA) is 40.5 Å². The zero-order valence-corrected chi connectivity index (χ0v) is 11.2. The van der Waals surface area contributed by atoms with E-state index in [-0.39, 0.29) is 10.5 Å². The van der Waals surface area contributed by atoms with Gasteiger partial charge in [0.2, 0.25) is 0 Å². The Morgan fingerprint density at radius 2 is 1.19 bits per heavy atom. The molecule has 0 aromatic rings. The van der Waals surface area contributed by atoms with E-state index in [0.29, 0.717) is 0 Å². The van der Waals surface area contributed by atoms with E-state index >= 15 is 0 Å². The van der Waals surface area contributed by atoms with Crippen LogP contribution in [0.1, 0.15) is 51.4 Å². The summed E-state index contributed by atoms with van der Waals surface area (Å²) in [6.07, 6.45) is 8.69. The van der Waals surface area contributed by atoms with Crippen molar-refractivity contribution in [2.24, 2.45) is 0 Å². The van der Waals surface area contributed by atoms with Crippen molar-refractivity contribution in [2.75, 3.05) is 0 Å². The minimum atomic E-state index is -0.544. The van der Waals surface area contributed by atoms with Crippen LogP contribution in [0, 0.1) is 0 Å². The number of aliphatic hydroxyl groups is 2. The largest absolute Gasteiger partial charge is 0.378 e. The van der Waals surface area contributed by atoms with Crippen LogP contribution in [0.5, 0.6) is 0 Å². The molecule has 0 aromatic carbocycles. The van der Waals surface area contributed by atoms with Crippen LogP contribution in [0.2, 0.25) is 0 Å². The summed E-state index contributed by atoms with van der Waals surface area (Å²) in [7, 11) is 0. The molecule has 4 heteroatoms. The van der Waals surface area contributed by atoms with Gasteiger partial charge in [0.05, 0.1) is 0 Å². The second-order valence-electron chi connectivity index (χ2n) is 5.39. The minimum Gasteiger partial charge on any atom is -0.378 e. The highest BCUT2D eigenvalue weighted by molar-refractivity contribution is 8.08. The first kappa shape index (κ1) is 11.7. The summed E-state index contributed by atoms with van der Waals surface area (Å²) >= 11 is 3.37. The Morgan fingerprint density at radius 1 is 0.750 bits per heavy atom. The van der Waals surface area contributed by atoms with Crippen molar-refractivity contribution in [1.82, 2.24) is 0 Å². The lowest BCUT2D eigenvalue weighted by molar-refractivity contribution is 0.0647. The third-order valence-electron chi connectivity index (χ3n) is 4.20. The zero-order valence-electron chi connectivity index (χ0n) is 9.52. The molecule has 4 atom stereocenters. The summed E-state index contributed by atoms with van der Waals surface area (Å²) in [5, 5.41) is 21.9. The monoisotopic (exact) mass is 260 g/mol. The molecule has 16 heavy (non-hydrogen) atoms. The van der Waals surface area contributed by atoms with Crippen LogP contribution in [0.15, 0.2) is 0 Å². The highest BCUT2D eigenvalue weighted by Crippen LogP contribution is 2.59. The van der Waals surface area contributed by atoms with Gasteiger partial charge in [-0.25, -0.2) is 0 Å². The smallest absolute Gasteiger partial charge is 0.122 e. The van der Waals surface area contributed by atoms with E-state index in [1.165, 1.54) is 12.8 Å². The van der Waals surface area contributed by atoms with Gasteiger partial charge in [0, 0.05) is 10.5 Å². The molecule has 2 aliphatic carbocycles. The second-order valence-corrected chi connectivity index (χ2v) is 8.42. The summed E-state index contributed by atoms with van der Waals surface area (Å²) in [6.45, 7) is 0. The number of fused-ring (bicyclic) bond motifs is 2. The summed E-state index contributed by atoms with van der Waals surface area (Å²) in [6, 6.07) is 0. The Labute approximate surface area is 106 Å². The molecule has 3 aliphatic rings. The Morgan fingerprint density at radius 3 is 1.62 bits per heavy atom. The molecule has 2 N–H and O–H groups in total. The molecule has 1 aliphatic heterocycles. The molecule has 0 radical (unpaired) electrons. The maximum Gasteiger partial charge on any atom is 0.122 e. The maximum absolute atomic E-state index is 10.7. The first-order chi connectivity index (χ1) is 7.62. The van der Waals surface area contributed by atoms with Crippen molar-refractivity contribution in [2.45, 2.75) is 71.7 Å². The SMILES string of the molecule is OC12CCCCC1SC1(O)CCCCC1S2. The van der Waals surface area contributed by atoms with Crippen molar-refractivity contribution in [3.05, 3.63) is 0 Å². The van der Waals surface area contributed by atoms with Gasteiger partial charge in [0.15, 0.2) is 0 Å². The van der Waals surface area contributed by atoms with Crippen molar-refractivity contribution in [1.29, 1.82) is 0 Å². The van der Waals surface area contributed by atoms with Gasteiger partial charge in [0.1, 0.15) is 9.87 Å². The molecular formula is C12H20O2S2. The van der Waals surface area contributed by atoms with E-state index in [2.05, 4.69) is 0 Å². The average molecular weight is 260 g/mol. The Balaban J connectivity index is 1.83. The molecule has 1 heterocycles. The van der Waals surface area contributed by atoms with Crippen molar-refractivity contribution in [3.63, 3.8) is 0 Å². The quantitative estimate of drug-likeness (QED) is 0.702. The maximum atomic E-state index is 10.7. The van der Waals surface area contributed by atoms with Gasteiger partial charge < -0.3 is 10.2 Å². The summed E-state index contributed by atoms with van der Waals surface area (Å²) in [5.74, 6) is 0. The highest BCUT2D eigenvalue weighted by atomic mass is 32.2. The Bertz CT molecular complexity index is 258. The molecule has 4 unspecified atom stereocenters. The van der Waals surface area contributed by atoms with Crippen LogP contribution in [0.3, 0.4) is 0 Å². The van der Waals surface area contributed by atoms with Crippen LogP contribution >= 0.6 is 23.5 Å². The van der Waals surface area contributed by atoms with Gasteiger partial charge in [-0.05, 0) is 38.5 Å². The molecule has 0 spiro atoms. The Hall–Kier alpha value is 0.620. The van der Waals surface area contributed by atoms with E-state index in [9.17, 15) is 10.2 Å². The third kappa shape index (κ3) is 1.82. The predicted molar refractivity (Wildman–Crippen MR) is 69.6 cm³/mol. The lowest BCUT2D eigenvalue weighted by atomic mass is 9.95. The molecule has 2 saturated carbocycles. The van der Waals surface area contributed by atoms with Gasteiger partial charge in [-0.15, -0.1) is 23.5 Å². The third-order valence-corrected chi connectivity index (χ3v) is 8.11. The minimum absolute atomic E-state index is 0.255. The average Bonchev–Trinajstić information content (AvgIpc) is 2.25. The highest BCUT2D eigenvalue weighted by Gasteiger charge is 2.55. The van der Waals surface area contributed by atoms with Crippen molar-refractivity contribution >= 4 is 23.5 Å². The summed E-state index contributed by atoms with van der Waals surface area (Å²) < 4.78 is 0. The number of hydrogen-bond donors (Lipinski definition) is 2. The molecule has 3 fully saturated rings. The fraction of sp³-hybridized carbons (Fsp3) is 1.00. The lowest BCUT2D eigenvalue weighted by Crippen LogP contribution is -2.55. The number of hydrogen-bond acceptors (Lipinski definition) is 4. The first-order valence-electron chi connectivity index (χ1n) is 6.43.